The number of nitrogens with zero attached hydrogens (tertiary/aromatic N) is 1. The molecule has 1 saturated carbocycles. The normalized spacial score (nSPS) is 16.2. The van der Waals surface area contributed by atoms with Crippen molar-refractivity contribution >= 4 is 23.6 Å². The number of methoxy groups -OCH3 is 1. The van der Waals surface area contributed by atoms with Crippen LogP contribution < -0.4 is 11.1 Å². The molecule has 0 heterocycles. The van der Waals surface area contributed by atoms with Crippen LogP contribution in [0.3, 0.4) is 0 Å². The van der Waals surface area contributed by atoms with Crippen molar-refractivity contribution in [2.45, 2.75) is 44.6 Å². The molecule has 8 heteroatoms. The van der Waals surface area contributed by atoms with Crippen molar-refractivity contribution in [3.63, 3.8) is 0 Å². The van der Waals surface area contributed by atoms with E-state index in [1.807, 2.05) is 0 Å². The maximum atomic E-state index is 13.1. The number of benzene rings is 1. The molecule has 0 radical (unpaired) electrons. The first kappa shape index (κ1) is 23.4. The summed E-state index contributed by atoms with van der Waals surface area (Å²) >= 11 is 0. The third kappa shape index (κ3) is 6.05. The Morgan fingerprint density at radius 3 is 2.27 bits per heavy atom. The van der Waals surface area contributed by atoms with Gasteiger partial charge in [0.2, 0.25) is 11.8 Å². The van der Waals surface area contributed by atoms with E-state index in [9.17, 15) is 14.4 Å². The van der Waals surface area contributed by atoms with Crippen LogP contribution in [0.4, 0.5) is 0 Å². The van der Waals surface area contributed by atoms with Gasteiger partial charge in [-0.3, -0.25) is 15.0 Å². The first-order valence-corrected chi connectivity index (χ1v) is 10.3. The Bertz CT molecular complexity index is 770. The van der Waals surface area contributed by atoms with Gasteiger partial charge in [-0.2, -0.15) is 0 Å². The quantitative estimate of drug-likeness (QED) is 0.256. The summed E-state index contributed by atoms with van der Waals surface area (Å²) in [6.45, 7) is 0. The fraction of sp³-hybridized carbons (Fsp3) is 0.545. The van der Waals surface area contributed by atoms with Crippen LogP contribution in [0.25, 0.3) is 0 Å². The molecule has 2 atom stereocenters. The van der Waals surface area contributed by atoms with Crippen LogP contribution in [0.2, 0.25) is 0 Å². The van der Waals surface area contributed by atoms with Gasteiger partial charge in [-0.25, -0.2) is 4.79 Å². The molecule has 164 valence electrons. The van der Waals surface area contributed by atoms with E-state index in [-0.39, 0.29) is 24.1 Å². The second kappa shape index (κ2) is 10.8. The SMILES string of the molecule is COC(=O)[C@@H](NC(=O)C(Cc1ccc(C(=N)N)cc1)C(=O)N(C)C)C1CCCCC1. The standard InChI is InChI=1S/C22H32N4O4/c1-26(2)21(28)17(13-14-9-11-16(12-10-14)19(23)24)20(27)25-18(22(29)30-3)15-7-5-4-6-8-15/h9-12,15,17-18H,4-8,13H2,1-3H3,(H3,23,24)(H,25,27)/t17?,18-/m0/s1. The van der Waals surface area contributed by atoms with Gasteiger partial charge in [0.05, 0.1) is 7.11 Å². The highest BCUT2D eigenvalue weighted by atomic mass is 16.5. The number of ether oxygens (including phenoxy) is 1. The fourth-order valence-electron chi connectivity index (χ4n) is 3.88. The predicted molar refractivity (Wildman–Crippen MR) is 114 cm³/mol. The number of esters is 1. The minimum absolute atomic E-state index is 0.0140. The molecule has 0 spiro atoms. The minimum Gasteiger partial charge on any atom is -0.467 e. The predicted octanol–water partition coefficient (Wildman–Crippen LogP) is 1.46. The summed E-state index contributed by atoms with van der Waals surface area (Å²) in [6, 6.07) is 6.12. The fourth-order valence-corrected chi connectivity index (χ4v) is 3.88. The summed E-state index contributed by atoms with van der Waals surface area (Å²) < 4.78 is 4.93. The molecule has 0 aromatic heterocycles. The summed E-state index contributed by atoms with van der Waals surface area (Å²) in [7, 11) is 4.50. The van der Waals surface area contributed by atoms with Gasteiger partial charge in [-0.1, -0.05) is 43.5 Å². The van der Waals surface area contributed by atoms with E-state index < -0.39 is 23.8 Å². The molecule has 1 aliphatic rings. The molecule has 8 nitrogen and oxygen atoms in total. The number of amides is 2. The second-order valence-corrected chi connectivity index (χ2v) is 8.01. The zero-order chi connectivity index (χ0) is 22.3. The van der Waals surface area contributed by atoms with Gasteiger partial charge in [0.25, 0.3) is 0 Å². The number of hydrogen-bond donors (Lipinski definition) is 3. The van der Waals surface area contributed by atoms with Gasteiger partial charge in [0.1, 0.15) is 17.8 Å². The van der Waals surface area contributed by atoms with Crippen molar-refractivity contribution in [2.24, 2.45) is 17.6 Å². The number of nitrogens with two attached hydrogens (primary N) is 1. The van der Waals surface area contributed by atoms with Crippen molar-refractivity contribution in [1.82, 2.24) is 10.2 Å². The molecule has 1 aliphatic carbocycles. The molecule has 30 heavy (non-hydrogen) atoms. The van der Waals surface area contributed by atoms with E-state index >= 15 is 0 Å². The average molecular weight is 417 g/mol. The minimum atomic E-state index is -0.973. The smallest absolute Gasteiger partial charge is 0.328 e. The number of nitrogen functional groups attached to an aromatic ring is 1. The molecule has 1 aromatic carbocycles. The molecule has 2 amide bonds. The Hall–Kier alpha value is -2.90. The lowest BCUT2D eigenvalue weighted by atomic mass is 9.83. The topological polar surface area (TPSA) is 126 Å². The number of rotatable bonds is 8. The Labute approximate surface area is 177 Å². The van der Waals surface area contributed by atoms with Gasteiger partial charge in [0.15, 0.2) is 0 Å². The number of amidine groups is 1. The summed E-state index contributed by atoms with van der Waals surface area (Å²) in [5.74, 6) is -2.30. The van der Waals surface area contributed by atoms with Crippen LogP contribution in [-0.4, -0.2) is 55.8 Å². The second-order valence-electron chi connectivity index (χ2n) is 8.01. The van der Waals surface area contributed by atoms with Gasteiger partial charge in [0, 0.05) is 19.7 Å². The molecule has 1 fully saturated rings. The van der Waals surface area contributed by atoms with Crippen LogP contribution in [0.1, 0.15) is 43.2 Å². The highest BCUT2D eigenvalue weighted by Crippen LogP contribution is 2.27. The number of nitrogens with one attached hydrogen (secondary N) is 2. The van der Waals surface area contributed by atoms with E-state index in [1.54, 1.807) is 38.4 Å². The van der Waals surface area contributed by atoms with Crippen LogP contribution in [-0.2, 0) is 25.5 Å². The van der Waals surface area contributed by atoms with E-state index in [2.05, 4.69) is 5.32 Å². The Morgan fingerprint density at radius 2 is 1.77 bits per heavy atom. The zero-order valence-corrected chi connectivity index (χ0v) is 17.9. The van der Waals surface area contributed by atoms with Gasteiger partial charge in [-0.05, 0) is 30.7 Å². The Morgan fingerprint density at radius 1 is 1.17 bits per heavy atom. The van der Waals surface area contributed by atoms with E-state index in [4.69, 9.17) is 15.9 Å². The van der Waals surface area contributed by atoms with E-state index in [1.165, 1.54) is 12.0 Å². The van der Waals surface area contributed by atoms with Crippen molar-refractivity contribution < 1.29 is 19.1 Å². The van der Waals surface area contributed by atoms with Gasteiger partial charge >= 0.3 is 5.97 Å². The van der Waals surface area contributed by atoms with Crippen LogP contribution in [0, 0.1) is 17.2 Å². The lowest BCUT2D eigenvalue weighted by Crippen LogP contribution is -2.51. The Kier molecular flexibility index (Phi) is 8.38. The van der Waals surface area contributed by atoms with E-state index in [0.717, 1.165) is 37.7 Å². The largest absolute Gasteiger partial charge is 0.467 e. The average Bonchev–Trinajstić information content (AvgIpc) is 2.75. The molecule has 0 aliphatic heterocycles. The van der Waals surface area contributed by atoms with Crippen LogP contribution >= 0.6 is 0 Å². The van der Waals surface area contributed by atoms with Crippen molar-refractivity contribution in [2.75, 3.05) is 21.2 Å². The lowest BCUT2D eigenvalue weighted by Gasteiger charge is -2.30. The molecule has 2 rings (SSSR count). The first-order chi connectivity index (χ1) is 14.2. The molecule has 0 bridgehead atoms. The molecule has 4 N–H and O–H groups in total. The molecule has 0 saturated heterocycles. The highest BCUT2D eigenvalue weighted by Gasteiger charge is 2.36. The number of carbonyl (C=O) groups excluding carboxylic acids is 3. The third-order valence-electron chi connectivity index (χ3n) is 5.63. The maximum absolute atomic E-state index is 13.1. The van der Waals surface area contributed by atoms with Gasteiger partial charge < -0.3 is 20.7 Å². The maximum Gasteiger partial charge on any atom is 0.328 e. The van der Waals surface area contributed by atoms with Crippen molar-refractivity contribution in [3.05, 3.63) is 35.4 Å². The van der Waals surface area contributed by atoms with E-state index in [0.29, 0.717) is 5.56 Å². The molecule has 1 aromatic rings. The lowest BCUT2D eigenvalue weighted by molar-refractivity contribution is -0.149. The summed E-state index contributed by atoms with van der Waals surface area (Å²) in [5.41, 5.74) is 6.82. The molecular weight excluding hydrogens is 384 g/mol. The first-order valence-electron chi connectivity index (χ1n) is 10.3. The third-order valence-corrected chi connectivity index (χ3v) is 5.63. The van der Waals surface area contributed by atoms with Gasteiger partial charge in [-0.15, -0.1) is 0 Å². The summed E-state index contributed by atoms with van der Waals surface area (Å²) in [5, 5.41) is 10.3. The number of carbonyl (C=O) groups is 3. The molecule has 1 unspecified atom stereocenters. The number of hydrogen-bond acceptors (Lipinski definition) is 5. The van der Waals surface area contributed by atoms with Crippen LogP contribution in [0.5, 0.6) is 0 Å². The van der Waals surface area contributed by atoms with Crippen molar-refractivity contribution in [1.29, 1.82) is 5.41 Å². The highest BCUT2D eigenvalue weighted by molar-refractivity contribution is 6.01. The molecular formula is C22H32N4O4. The monoisotopic (exact) mass is 416 g/mol. The Balaban J connectivity index is 2.21. The summed E-state index contributed by atoms with van der Waals surface area (Å²) in [6.07, 6.45) is 5.01. The van der Waals surface area contributed by atoms with Crippen LogP contribution in [0.15, 0.2) is 24.3 Å². The van der Waals surface area contributed by atoms with Crippen molar-refractivity contribution in [3.8, 4) is 0 Å². The summed E-state index contributed by atoms with van der Waals surface area (Å²) in [4.78, 5) is 39.6. The zero-order valence-electron chi connectivity index (χ0n) is 17.9.